The Balaban J connectivity index is 1.62. The van der Waals surface area contributed by atoms with Gasteiger partial charge in [-0.1, -0.05) is 30.3 Å². The van der Waals surface area contributed by atoms with Crippen molar-refractivity contribution in [3.05, 3.63) is 70.4 Å². The van der Waals surface area contributed by atoms with E-state index in [9.17, 15) is 18.0 Å². The number of nitrogens with zero attached hydrogens (tertiary/aromatic N) is 3. The Morgan fingerprint density at radius 3 is 2.45 bits per heavy atom. The summed E-state index contributed by atoms with van der Waals surface area (Å²) >= 11 is 0. The summed E-state index contributed by atoms with van der Waals surface area (Å²) in [6.07, 6.45) is -2.05. The van der Waals surface area contributed by atoms with Crippen LogP contribution in [0.1, 0.15) is 68.1 Å². The number of halogens is 3. The van der Waals surface area contributed by atoms with Crippen LogP contribution in [0.3, 0.4) is 0 Å². The molecule has 0 unspecified atom stereocenters. The summed E-state index contributed by atoms with van der Waals surface area (Å²) in [5, 5.41) is 13.7. The van der Waals surface area contributed by atoms with Crippen LogP contribution in [0.5, 0.6) is 0 Å². The van der Waals surface area contributed by atoms with Crippen molar-refractivity contribution in [1.29, 1.82) is 0 Å². The first kappa shape index (κ1) is 27.4. The summed E-state index contributed by atoms with van der Waals surface area (Å²) in [6, 6.07) is 9.83. The molecule has 9 heteroatoms. The van der Waals surface area contributed by atoms with Gasteiger partial charge in [-0.15, -0.1) is 5.10 Å². The fraction of sp³-hybridized carbons (Fsp3) is 0.414. The first-order valence-electron chi connectivity index (χ1n) is 12.6. The van der Waals surface area contributed by atoms with Gasteiger partial charge < -0.3 is 15.0 Å². The average Bonchev–Trinajstić information content (AvgIpc) is 2.84. The summed E-state index contributed by atoms with van der Waals surface area (Å²) in [7, 11) is 0. The number of fused-ring (bicyclic) bond motifs is 1. The van der Waals surface area contributed by atoms with Gasteiger partial charge in [-0.25, -0.2) is 4.79 Å². The molecule has 1 aromatic heterocycles. The maximum atomic E-state index is 13.5. The van der Waals surface area contributed by atoms with Crippen molar-refractivity contribution < 1.29 is 22.7 Å². The number of benzene rings is 2. The van der Waals surface area contributed by atoms with Gasteiger partial charge in [0.15, 0.2) is 5.82 Å². The Morgan fingerprint density at radius 2 is 1.82 bits per heavy atom. The number of nitrogens with one attached hydrogen (secondary N) is 1. The predicted molar refractivity (Wildman–Crippen MR) is 143 cm³/mol. The Hall–Kier alpha value is -3.62. The van der Waals surface area contributed by atoms with E-state index in [2.05, 4.69) is 15.5 Å². The molecule has 1 amide bonds. The van der Waals surface area contributed by atoms with Crippen molar-refractivity contribution >= 4 is 28.3 Å². The third-order valence-corrected chi connectivity index (χ3v) is 6.70. The quantitative estimate of drug-likeness (QED) is 0.382. The number of amides is 1. The van der Waals surface area contributed by atoms with Crippen LogP contribution in [-0.2, 0) is 10.9 Å². The van der Waals surface area contributed by atoms with E-state index >= 15 is 0 Å². The fourth-order valence-electron chi connectivity index (χ4n) is 4.73. The van der Waals surface area contributed by atoms with Crippen LogP contribution in [0.25, 0.3) is 16.3 Å². The summed E-state index contributed by atoms with van der Waals surface area (Å²) < 4.78 is 45.9. The lowest BCUT2D eigenvalue weighted by Gasteiger charge is -2.29. The first-order valence-corrected chi connectivity index (χ1v) is 12.6. The molecule has 3 aromatic rings. The van der Waals surface area contributed by atoms with E-state index in [1.807, 2.05) is 58.9 Å². The van der Waals surface area contributed by atoms with Crippen molar-refractivity contribution in [2.75, 3.05) is 18.4 Å². The van der Waals surface area contributed by atoms with Crippen LogP contribution >= 0.6 is 0 Å². The zero-order valence-electron chi connectivity index (χ0n) is 22.5. The average molecular weight is 527 g/mol. The van der Waals surface area contributed by atoms with Crippen molar-refractivity contribution in [1.82, 2.24) is 15.1 Å². The molecule has 6 nitrogen and oxygen atoms in total. The van der Waals surface area contributed by atoms with Gasteiger partial charge in [-0.3, -0.25) is 0 Å². The van der Waals surface area contributed by atoms with E-state index in [0.29, 0.717) is 30.9 Å². The predicted octanol–water partition coefficient (Wildman–Crippen LogP) is 7.46. The highest BCUT2D eigenvalue weighted by atomic mass is 19.4. The van der Waals surface area contributed by atoms with Crippen molar-refractivity contribution in [2.24, 2.45) is 0 Å². The molecule has 0 spiro atoms. The van der Waals surface area contributed by atoms with E-state index in [4.69, 9.17) is 4.74 Å². The van der Waals surface area contributed by atoms with E-state index in [-0.39, 0.29) is 11.7 Å². The molecule has 2 aromatic carbocycles. The second-order valence-electron chi connectivity index (χ2n) is 10.7. The minimum Gasteiger partial charge on any atom is -0.444 e. The molecular formula is C29H33F3N4O2. The lowest BCUT2D eigenvalue weighted by molar-refractivity contribution is -0.138. The maximum absolute atomic E-state index is 13.5. The number of carbonyl (C=O) groups excluding carboxylic acids is 1. The standard InChI is InChI=1S/C29H33F3N4O2/c1-17-22(8-7-9-25(17)29(30,31)32)18(2)33-26-24-16-21(10-11-23(24)19(3)34-35-26)20-12-14-36(15-13-20)27(37)38-28(4,5)6/h7-12,16,18H,13-15H2,1-6H3,(H,33,35)/t18-/m1/s1. The Kier molecular flexibility index (Phi) is 7.41. The van der Waals surface area contributed by atoms with Gasteiger partial charge in [0.1, 0.15) is 5.60 Å². The third-order valence-electron chi connectivity index (χ3n) is 6.70. The van der Waals surface area contributed by atoms with Crippen molar-refractivity contribution in [3.63, 3.8) is 0 Å². The Bertz CT molecular complexity index is 1390. The fourth-order valence-corrected chi connectivity index (χ4v) is 4.73. The molecule has 1 aliphatic rings. The van der Waals surface area contributed by atoms with E-state index in [1.54, 1.807) is 11.0 Å². The molecule has 0 fully saturated rings. The van der Waals surface area contributed by atoms with Crippen LogP contribution in [-0.4, -0.2) is 39.9 Å². The maximum Gasteiger partial charge on any atom is 0.416 e. The summed E-state index contributed by atoms with van der Waals surface area (Å²) in [5.41, 5.74) is 2.40. The molecule has 0 radical (unpaired) electrons. The normalized spacial score (nSPS) is 15.3. The molecule has 1 atom stereocenters. The number of rotatable bonds is 4. The van der Waals surface area contributed by atoms with Gasteiger partial charge in [0, 0.05) is 23.9 Å². The van der Waals surface area contributed by atoms with Crippen LogP contribution in [0.2, 0.25) is 0 Å². The summed E-state index contributed by atoms with van der Waals surface area (Å²) in [4.78, 5) is 14.1. The molecule has 2 heterocycles. The monoisotopic (exact) mass is 526 g/mol. The molecule has 0 bridgehead atoms. The van der Waals surface area contributed by atoms with Crippen LogP contribution in [0.15, 0.2) is 42.5 Å². The summed E-state index contributed by atoms with van der Waals surface area (Å²) in [5.74, 6) is 0.503. The van der Waals surface area contributed by atoms with E-state index < -0.39 is 23.4 Å². The Morgan fingerprint density at radius 1 is 1.08 bits per heavy atom. The molecule has 1 aliphatic heterocycles. The zero-order chi connectivity index (χ0) is 27.8. The smallest absolute Gasteiger partial charge is 0.416 e. The topological polar surface area (TPSA) is 67.4 Å². The highest BCUT2D eigenvalue weighted by Gasteiger charge is 2.33. The molecule has 202 valence electrons. The number of hydrogen-bond donors (Lipinski definition) is 1. The molecule has 38 heavy (non-hydrogen) atoms. The molecule has 4 rings (SSSR count). The van der Waals surface area contributed by atoms with Gasteiger partial charge >= 0.3 is 12.3 Å². The van der Waals surface area contributed by atoms with E-state index in [0.717, 1.165) is 33.7 Å². The van der Waals surface area contributed by atoms with E-state index in [1.165, 1.54) is 13.0 Å². The summed E-state index contributed by atoms with van der Waals surface area (Å²) in [6.45, 7) is 11.7. The van der Waals surface area contributed by atoms with Crippen molar-refractivity contribution in [3.8, 4) is 0 Å². The molecule has 0 saturated heterocycles. The minimum atomic E-state index is -4.42. The largest absolute Gasteiger partial charge is 0.444 e. The van der Waals surface area contributed by atoms with Crippen LogP contribution in [0.4, 0.5) is 23.8 Å². The highest BCUT2D eigenvalue weighted by molar-refractivity contribution is 5.95. The molecule has 0 saturated carbocycles. The number of aryl methyl sites for hydroxylation is 1. The molecule has 0 aliphatic carbocycles. The highest BCUT2D eigenvalue weighted by Crippen LogP contribution is 2.36. The number of hydrogen-bond acceptors (Lipinski definition) is 5. The van der Waals surface area contributed by atoms with Crippen LogP contribution < -0.4 is 5.32 Å². The number of aromatic nitrogens is 2. The lowest BCUT2D eigenvalue weighted by Crippen LogP contribution is -2.39. The van der Waals surface area contributed by atoms with Gasteiger partial charge in [0.05, 0.1) is 17.3 Å². The van der Waals surface area contributed by atoms with Gasteiger partial charge in [0.2, 0.25) is 0 Å². The Labute approximate surface area is 220 Å². The second-order valence-corrected chi connectivity index (χ2v) is 10.7. The van der Waals surface area contributed by atoms with Gasteiger partial charge in [-0.2, -0.15) is 18.3 Å². The van der Waals surface area contributed by atoms with Crippen LogP contribution in [0, 0.1) is 13.8 Å². The van der Waals surface area contributed by atoms with Gasteiger partial charge in [0.25, 0.3) is 0 Å². The first-order chi connectivity index (χ1) is 17.7. The zero-order valence-corrected chi connectivity index (χ0v) is 22.5. The third kappa shape index (κ3) is 5.92. The number of carbonyl (C=O) groups is 1. The number of alkyl halides is 3. The molecule has 1 N–H and O–H groups in total. The van der Waals surface area contributed by atoms with Crippen molar-refractivity contribution in [2.45, 2.75) is 65.8 Å². The molecular weight excluding hydrogens is 493 g/mol. The minimum absolute atomic E-state index is 0.187. The second kappa shape index (κ2) is 10.3. The van der Waals surface area contributed by atoms with Gasteiger partial charge in [-0.05, 0) is 82.4 Å². The number of anilines is 1. The SMILES string of the molecule is Cc1c([C@@H](C)Nc2nnc(C)c3ccc(C4=CCN(C(=O)OC(C)(C)C)CC4)cc23)cccc1C(F)(F)F. The lowest BCUT2D eigenvalue weighted by atomic mass is 9.96. The number of ether oxygens (including phenoxy) is 1.